The molecule has 0 aromatic heterocycles. The fourth-order valence-corrected chi connectivity index (χ4v) is 2.52. The van der Waals surface area contributed by atoms with Gasteiger partial charge in [0.25, 0.3) is 0 Å². The monoisotopic (exact) mass is 276 g/mol. The van der Waals surface area contributed by atoms with Crippen molar-refractivity contribution in [1.82, 2.24) is 0 Å². The van der Waals surface area contributed by atoms with Gasteiger partial charge in [-0.3, -0.25) is 0 Å². The van der Waals surface area contributed by atoms with Crippen LogP contribution in [0.5, 0.6) is 0 Å². The molecule has 1 heterocycles. The van der Waals surface area contributed by atoms with Crippen LogP contribution in [0, 0.1) is 5.82 Å². The molecular weight excluding hydrogens is 263 g/mol. The predicted octanol–water partition coefficient (Wildman–Crippen LogP) is 3.91. The molecule has 0 unspecified atom stereocenters. The SMILES string of the molecule is Fc1cc(Cl)ccc1CN1CCNc2ccccc21. The molecular formula is C15H14ClFN2. The van der Waals surface area contributed by atoms with E-state index in [0.717, 1.165) is 24.5 Å². The fourth-order valence-electron chi connectivity index (χ4n) is 2.36. The number of para-hydroxylation sites is 2. The highest BCUT2D eigenvalue weighted by Crippen LogP contribution is 2.30. The van der Waals surface area contributed by atoms with Crippen molar-refractivity contribution in [3.05, 3.63) is 58.9 Å². The maximum absolute atomic E-state index is 13.9. The average molecular weight is 277 g/mol. The highest BCUT2D eigenvalue weighted by Gasteiger charge is 2.17. The van der Waals surface area contributed by atoms with Crippen LogP contribution in [0.25, 0.3) is 0 Å². The maximum atomic E-state index is 13.9. The molecule has 2 aromatic rings. The molecule has 1 aliphatic rings. The predicted molar refractivity (Wildman–Crippen MR) is 77.4 cm³/mol. The minimum atomic E-state index is -0.247. The topological polar surface area (TPSA) is 15.3 Å². The summed E-state index contributed by atoms with van der Waals surface area (Å²) in [7, 11) is 0. The summed E-state index contributed by atoms with van der Waals surface area (Å²) in [6.45, 7) is 2.28. The largest absolute Gasteiger partial charge is 0.382 e. The molecule has 0 saturated heterocycles. The second kappa shape index (κ2) is 5.10. The molecule has 0 atom stereocenters. The first-order valence-electron chi connectivity index (χ1n) is 6.26. The number of anilines is 2. The molecule has 19 heavy (non-hydrogen) atoms. The van der Waals surface area contributed by atoms with E-state index < -0.39 is 0 Å². The molecule has 0 aliphatic carbocycles. The van der Waals surface area contributed by atoms with Crippen LogP contribution in [0.4, 0.5) is 15.8 Å². The first-order valence-corrected chi connectivity index (χ1v) is 6.63. The average Bonchev–Trinajstić information content (AvgIpc) is 2.42. The normalized spacial score (nSPS) is 13.9. The number of nitrogens with one attached hydrogen (secondary N) is 1. The van der Waals surface area contributed by atoms with E-state index >= 15 is 0 Å². The molecule has 2 aromatic carbocycles. The number of fused-ring (bicyclic) bond motifs is 1. The second-order valence-corrected chi connectivity index (χ2v) is 5.04. The van der Waals surface area contributed by atoms with E-state index in [1.54, 1.807) is 12.1 Å². The van der Waals surface area contributed by atoms with Gasteiger partial charge in [-0.2, -0.15) is 0 Å². The minimum Gasteiger partial charge on any atom is -0.382 e. The molecule has 0 radical (unpaired) electrons. The van der Waals surface area contributed by atoms with Gasteiger partial charge in [0.05, 0.1) is 11.4 Å². The van der Waals surface area contributed by atoms with Crippen LogP contribution in [0.15, 0.2) is 42.5 Å². The van der Waals surface area contributed by atoms with Crippen LogP contribution in [0.1, 0.15) is 5.56 Å². The molecule has 98 valence electrons. The Balaban J connectivity index is 1.88. The Morgan fingerprint density at radius 1 is 1.21 bits per heavy atom. The Labute approximate surface area is 116 Å². The molecule has 4 heteroatoms. The van der Waals surface area contributed by atoms with Crippen molar-refractivity contribution in [2.24, 2.45) is 0 Å². The molecule has 3 rings (SSSR count). The van der Waals surface area contributed by atoms with Crippen molar-refractivity contribution < 1.29 is 4.39 Å². The van der Waals surface area contributed by atoms with E-state index in [2.05, 4.69) is 16.3 Å². The molecule has 0 spiro atoms. The van der Waals surface area contributed by atoms with Crippen LogP contribution < -0.4 is 10.2 Å². The summed E-state index contributed by atoms with van der Waals surface area (Å²) in [5.74, 6) is -0.247. The van der Waals surface area contributed by atoms with Crippen molar-refractivity contribution in [3.8, 4) is 0 Å². The lowest BCUT2D eigenvalue weighted by atomic mass is 10.1. The molecule has 0 amide bonds. The zero-order valence-corrected chi connectivity index (χ0v) is 11.1. The number of hydrogen-bond acceptors (Lipinski definition) is 2. The Kier molecular flexibility index (Phi) is 3.30. The molecule has 2 nitrogen and oxygen atoms in total. The quantitative estimate of drug-likeness (QED) is 0.895. The summed E-state index contributed by atoms with van der Waals surface area (Å²) in [4.78, 5) is 2.18. The van der Waals surface area contributed by atoms with Crippen LogP contribution >= 0.6 is 11.6 Å². The van der Waals surface area contributed by atoms with Crippen LogP contribution in [0.3, 0.4) is 0 Å². The highest BCUT2D eigenvalue weighted by atomic mass is 35.5. The van der Waals surface area contributed by atoms with Gasteiger partial charge < -0.3 is 10.2 Å². The summed E-state index contributed by atoms with van der Waals surface area (Å²) < 4.78 is 13.9. The number of rotatable bonds is 2. The number of nitrogens with zero attached hydrogens (tertiary/aromatic N) is 1. The molecule has 0 bridgehead atoms. The standard InChI is InChI=1S/C15H14ClFN2/c16-12-6-5-11(13(17)9-12)10-19-8-7-18-14-3-1-2-4-15(14)19/h1-6,9,18H,7-8,10H2. The maximum Gasteiger partial charge on any atom is 0.129 e. The van der Waals surface area contributed by atoms with E-state index in [9.17, 15) is 4.39 Å². The van der Waals surface area contributed by atoms with Gasteiger partial charge >= 0.3 is 0 Å². The van der Waals surface area contributed by atoms with Gasteiger partial charge in [-0.15, -0.1) is 0 Å². The summed E-state index contributed by atoms with van der Waals surface area (Å²) in [5, 5.41) is 3.78. The number of hydrogen-bond donors (Lipinski definition) is 1. The first-order chi connectivity index (χ1) is 9.24. The van der Waals surface area contributed by atoms with Crippen LogP contribution in [-0.2, 0) is 6.54 Å². The van der Waals surface area contributed by atoms with Gasteiger partial charge in [-0.05, 0) is 24.3 Å². The molecule has 0 fully saturated rings. The fraction of sp³-hybridized carbons (Fsp3) is 0.200. The highest BCUT2D eigenvalue weighted by molar-refractivity contribution is 6.30. The molecule has 0 saturated carbocycles. The number of benzene rings is 2. The third kappa shape index (κ3) is 2.51. The van der Waals surface area contributed by atoms with E-state index in [-0.39, 0.29) is 5.82 Å². The lowest BCUT2D eigenvalue weighted by molar-refractivity contribution is 0.604. The van der Waals surface area contributed by atoms with Gasteiger partial charge in [0.1, 0.15) is 5.82 Å². The smallest absolute Gasteiger partial charge is 0.129 e. The summed E-state index contributed by atoms with van der Waals surface area (Å²) in [5.41, 5.74) is 2.88. The van der Waals surface area contributed by atoms with Crippen molar-refractivity contribution in [2.45, 2.75) is 6.54 Å². The van der Waals surface area contributed by atoms with Gasteiger partial charge in [-0.1, -0.05) is 29.8 Å². The third-order valence-corrected chi connectivity index (χ3v) is 3.55. The zero-order valence-electron chi connectivity index (χ0n) is 10.4. The Morgan fingerprint density at radius 3 is 2.89 bits per heavy atom. The second-order valence-electron chi connectivity index (χ2n) is 4.60. The molecule has 1 N–H and O–H groups in total. The summed E-state index contributed by atoms with van der Waals surface area (Å²) >= 11 is 5.78. The zero-order chi connectivity index (χ0) is 13.2. The minimum absolute atomic E-state index is 0.247. The van der Waals surface area contributed by atoms with E-state index in [4.69, 9.17) is 11.6 Å². The Bertz CT molecular complexity index is 600. The van der Waals surface area contributed by atoms with E-state index in [1.165, 1.54) is 6.07 Å². The van der Waals surface area contributed by atoms with Gasteiger partial charge in [-0.25, -0.2) is 4.39 Å². The van der Waals surface area contributed by atoms with Gasteiger partial charge in [0.2, 0.25) is 0 Å². The van der Waals surface area contributed by atoms with E-state index in [1.807, 2.05) is 18.2 Å². The lowest BCUT2D eigenvalue weighted by Crippen LogP contribution is -2.33. The van der Waals surface area contributed by atoms with Crippen molar-refractivity contribution in [1.29, 1.82) is 0 Å². The van der Waals surface area contributed by atoms with Crippen molar-refractivity contribution >= 4 is 23.0 Å². The van der Waals surface area contributed by atoms with Crippen LogP contribution in [-0.4, -0.2) is 13.1 Å². The molecule has 1 aliphatic heterocycles. The summed E-state index contributed by atoms with van der Waals surface area (Å²) in [6.07, 6.45) is 0. The number of halogens is 2. The van der Waals surface area contributed by atoms with Crippen LogP contribution in [0.2, 0.25) is 5.02 Å². The lowest BCUT2D eigenvalue weighted by Gasteiger charge is -2.32. The van der Waals surface area contributed by atoms with Gasteiger partial charge in [0.15, 0.2) is 0 Å². The van der Waals surface area contributed by atoms with Gasteiger partial charge in [0, 0.05) is 30.2 Å². The Morgan fingerprint density at radius 2 is 2.05 bits per heavy atom. The van der Waals surface area contributed by atoms with Crippen molar-refractivity contribution in [2.75, 3.05) is 23.3 Å². The summed E-state index contributed by atoms with van der Waals surface area (Å²) in [6, 6.07) is 12.9. The Hall–Kier alpha value is -1.74. The first kappa shape index (κ1) is 12.3. The third-order valence-electron chi connectivity index (χ3n) is 3.32. The van der Waals surface area contributed by atoms with E-state index in [0.29, 0.717) is 17.1 Å². The van der Waals surface area contributed by atoms with Crippen molar-refractivity contribution in [3.63, 3.8) is 0 Å².